The molecule has 0 aliphatic carbocycles. The van der Waals surface area contributed by atoms with Crippen LogP contribution in [0.15, 0.2) is 55.0 Å². The predicted octanol–water partition coefficient (Wildman–Crippen LogP) is 3.81. The number of aliphatic hydroxyl groups is 1. The summed E-state index contributed by atoms with van der Waals surface area (Å²) >= 11 is 0. The van der Waals surface area contributed by atoms with Crippen LogP contribution >= 0.6 is 0 Å². The first-order valence-electron chi connectivity index (χ1n) is 10.4. The van der Waals surface area contributed by atoms with Crippen LogP contribution in [0.3, 0.4) is 0 Å². The van der Waals surface area contributed by atoms with Crippen LogP contribution in [0.25, 0.3) is 22.3 Å². The molecule has 2 heterocycles. The molecule has 0 saturated heterocycles. The number of benzene rings is 2. The highest BCUT2D eigenvalue weighted by Crippen LogP contribution is 2.34. The van der Waals surface area contributed by atoms with E-state index in [0.29, 0.717) is 18.0 Å². The van der Waals surface area contributed by atoms with Crippen LogP contribution in [0.1, 0.15) is 6.92 Å². The maximum atomic E-state index is 9.71. The zero-order chi connectivity index (χ0) is 22.7. The number of fused-ring (bicyclic) bond motifs is 1. The molecule has 2 aromatic heterocycles. The molecule has 8 nitrogen and oxygen atoms in total. The zero-order valence-electron chi connectivity index (χ0n) is 18.7. The van der Waals surface area contributed by atoms with Gasteiger partial charge in [-0.05, 0) is 24.1 Å². The second kappa shape index (κ2) is 9.23. The molecular weight excluding hydrogens is 406 g/mol. The van der Waals surface area contributed by atoms with Crippen molar-refractivity contribution < 1.29 is 14.6 Å². The molecule has 1 N–H and O–H groups in total. The fourth-order valence-electron chi connectivity index (χ4n) is 3.54. The number of aliphatic hydroxyl groups excluding tert-OH is 1. The van der Waals surface area contributed by atoms with E-state index >= 15 is 0 Å². The molecule has 32 heavy (non-hydrogen) atoms. The van der Waals surface area contributed by atoms with Crippen LogP contribution in [0.2, 0.25) is 0 Å². The molecule has 0 amide bonds. The molecule has 0 aliphatic heterocycles. The summed E-state index contributed by atoms with van der Waals surface area (Å²) in [5.74, 6) is 1.44. The normalized spacial score (nSPS) is 12.0. The molecule has 1 unspecified atom stereocenters. The SMILES string of the molecule is COc1cc(OC)cc(N(CC(C)CO)c2ccc3ncc(-c4cnn(C)c4)nc3c2)c1. The number of rotatable bonds is 8. The number of methoxy groups -OCH3 is 2. The van der Waals surface area contributed by atoms with E-state index in [1.807, 2.05) is 56.6 Å². The van der Waals surface area contributed by atoms with Gasteiger partial charge in [0.25, 0.3) is 0 Å². The number of hydrogen-bond donors (Lipinski definition) is 1. The fraction of sp³-hybridized carbons (Fsp3) is 0.292. The molecule has 2 aromatic carbocycles. The van der Waals surface area contributed by atoms with Crippen LogP contribution in [-0.2, 0) is 7.05 Å². The third-order valence-electron chi connectivity index (χ3n) is 5.29. The van der Waals surface area contributed by atoms with Crippen LogP contribution < -0.4 is 14.4 Å². The number of nitrogens with zero attached hydrogens (tertiary/aromatic N) is 5. The predicted molar refractivity (Wildman–Crippen MR) is 125 cm³/mol. The molecule has 4 rings (SSSR count). The average molecular weight is 434 g/mol. The summed E-state index contributed by atoms with van der Waals surface area (Å²) in [7, 11) is 5.13. The van der Waals surface area contributed by atoms with Gasteiger partial charge < -0.3 is 19.5 Å². The van der Waals surface area contributed by atoms with Crippen molar-refractivity contribution in [3.05, 3.63) is 55.0 Å². The number of anilines is 2. The van der Waals surface area contributed by atoms with Crippen molar-refractivity contribution in [2.75, 3.05) is 32.3 Å². The third kappa shape index (κ3) is 4.50. The summed E-state index contributed by atoms with van der Waals surface area (Å²) in [4.78, 5) is 11.5. The average Bonchev–Trinajstić information content (AvgIpc) is 3.27. The molecule has 0 aliphatic rings. The topological polar surface area (TPSA) is 85.5 Å². The Morgan fingerprint density at radius 2 is 1.75 bits per heavy atom. The van der Waals surface area contributed by atoms with Gasteiger partial charge in [-0.25, -0.2) is 4.98 Å². The van der Waals surface area contributed by atoms with Crippen molar-refractivity contribution in [2.45, 2.75) is 6.92 Å². The summed E-state index contributed by atoms with van der Waals surface area (Å²) in [5.41, 5.74) is 5.10. The number of ether oxygens (including phenoxy) is 2. The van der Waals surface area contributed by atoms with Gasteiger partial charge in [-0.1, -0.05) is 6.92 Å². The minimum absolute atomic E-state index is 0.0516. The van der Waals surface area contributed by atoms with E-state index in [-0.39, 0.29) is 12.5 Å². The maximum absolute atomic E-state index is 9.71. The smallest absolute Gasteiger partial charge is 0.124 e. The second-order valence-electron chi connectivity index (χ2n) is 7.80. The molecule has 8 heteroatoms. The van der Waals surface area contributed by atoms with Gasteiger partial charge in [0.15, 0.2) is 0 Å². The molecule has 0 spiro atoms. The van der Waals surface area contributed by atoms with Crippen LogP contribution in [0.4, 0.5) is 11.4 Å². The van der Waals surface area contributed by atoms with Gasteiger partial charge in [-0.2, -0.15) is 5.10 Å². The summed E-state index contributed by atoms with van der Waals surface area (Å²) in [6.07, 6.45) is 5.45. The summed E-state index contributed by atoms with van der Waals surface area (Å²) in [6, 6.07) is 11.7. The Kier molecular flexibility index (Phi) is 6.23. The van der Waals surface area contributed by atoms with E-state index in [0.717, 1.165) is 33.7 Å². The van der Waals surface area contributed by atoms with Gasteiger partial charge in [0.2, 0.25) is 0 Å². The Labute approximate surface area is 187 Å². The molecular formula is C24H27N5O3. The van der Waals surface area contributed by atoms with E-state index in [1.165, 1.54) is 0 Å². The van der Waals surface area contributed by atoms with Crippen molar-refractivity contribution in [1.82, 2.24) is 19.7 Å². The number of aryl methyl sites for hydroxylation is 1. The molecule has 0 bridgehead atoms. The van der Waals surface area contributed by atoms with Crippen LogP contribution in [0.5, 0.6) is 11.5 Å². The first kappa shape index (κ1) is 21.6. The largest absolute Gasteiger partial charge is 0.497 e. The van der Waals surface area contributed by atoms with Crippen LogP contribution in [-0.4, -0.2) is 52.2 Å². The van der Waals surface area contributed by atoms with E-state index in [2.05, 4.69) is 15.0 Å². The fourth-order valence-corrected chi connectivity index (χ4v) is 3.54. The molecule has 166 valence electrons. The summed E-state index contributed by atoms with van der Waals surface area (Å²) in [5, 5.41) is 13.9. The zero-order valence-corrected chi connectivity index (χ0v) is 18.7. The van der Waals surface area contributed by atoms with Crippen molar-refractivity contribution in [2.24, 2.45) is 13.0 Å². The quantitative estimate of drug-likeness (QED) is 0.452. The first-order chi connectivity index (χ1) is 15.5. The Balaban J connectivity index is 1.80. The van der Waals surface area contributed by atoms with E-state index in [9.17, 15) is 5.11 Å². The molecule has 0 fully saturated rings. The highest BCUT2D eigenvalue weighted by atomic mass is 16.5. The van der Waals surface area contributed by atoms with Gasteiger partial charge in [0.05, 0.1) is 43.3 Å². The first-order valence-corrected chi connectivity index (χ1v) is 10.4. The molecule has 0 radical (unpaired) electrons. The van der Waals surface area contributed by atoms with E-state index < -0.39 is 0 Å². The van der Waals surface area contributed by atoms with Gasteiger partial charge in [-0.3, -0.25) is 9.67 Å². The summed E-state index contributed by atoms with van der Waals surface area (Å²) < 4.78 is 12.7. The lowest BCUT2D eigenvalue weighted by molar-refractivity contribution is 0.241. The van der Waals surface area contributed by atoms with Gasteiger partial charge >= 0.3 is 0 Å². The monoisotopic (exact) mass is 433 g/mol. The van der Waals surface area contributed by atoms with Crippen LogP contribution in [0, 0.1) is 5.92 Å². The minimum Gasteiger partial charge on any atom is -0.497 e. The van der Waals surface area contributed by atoms with Crippen molar-refractivity contribution in [1.29, 1.82) is 0 Å². The lowest BCUT2D eigenvalue weighted by Gasteiger charge is -2.28. The van der Waals surface area contributed by atoms with Gasteiger partial charge in [0, 0.05) is 61.5 Å². The Hall–Kier alpha value is -3.65. The van der Waals surface area contributed by atoms with Crippen molar-refractivity contribution in [3.63, 3.8) is 0 Å². The number of hydrogen-bond acceptors (Lipinski definition) is 7. The number of aromatic nitrogens is 4. The lowest BCUT2D eigenvalue weighted by Crippen LogP contribution is -2.25. The Morgan fingerprint density at radius 3 is 2.38 bits per heavy atom. The molecule has 1 atom stereocenters. The highest BCUT2D eigenvalue weighted by Gasteiger charge is 2.17. The Morgan fingerprint density at radius 1 is 1.00 bits per heavy atom. The second-order valence-corrected chi connectivity index (χ2v) is 7.80. The summed E-state index contributed by atoms with van der Waals surface area (Å²) in [6.45, 7) is 2.69. The highest BCUT2D eigenvalue weighted by molar-refractivity contribution is 5.82. The standard InChI is InChI=1S/C24H27N5O3/c1-16(15-30)13-29(19-7-20(31-3)10-21(8-19)32-4)18-5-6-22-23(9-18)27-24(12-25-22)17-11-26-28(2)14-17/h5-12,14,16,30H,13,15H2,1-4H3. The van der Waals surface area contributed by atoms with Crippen molar-refractivity contribution >= 4 is 22.4 Å². The minimum atomic E-state index is 0.0516. The van der Waals surface area contributed by atoms with E-state index in [1.54, 1.807) is 31.3 Å². The van der Waals surface area contributed by atoms with Gasteiger partial charge in [0.1, 0.15) is 11.5 Å². The van der Waals surface area contributed by atoms with Gasteiger partial charge in [-0.15, -0.1) is 0 Å². The molecule has 0 saturated carbocycles. The third-order valence-corrected chi connectivity index (χ3v) is 5.29. The maximum Gasteiger partial charge on any atom is 0.124 e. The van der Waals surface area contributed by atoms with Crippen molar-refractivity contribution in [3.8, 4) is 22.8 Å². The lowest BCUT2D eigenvalue weighted by atomic mass is 10.1. The Bertz CT molecular complexity index is 1200. The molecule has 4 aromatic rings. The van der Waals surface area contributed by atoms with E-state index in [4.69, 9.17) is 14.5 Å².